The Morgan fingerprint density at radius 3 is 2.80 bits per heavy atom. The first-order chi connectivity index (χ1) is 12.0. The minimum absolute atomic E-state index is 0.249. The number of amides is 1. The number of aromatic nitrogens is 2. The van der Waals surface area contributed by atoms with E-state index in [9.17, 15) is 10.1 Å². The Balaban J connectivity index is 2.11. The molecule has 0 radical (unpaired) electrons. The van der Waals surface area contributed by atoms with Crippen LogP contribution in [0.4, 0.5) is 5.82 Å². The van der Waals surface area contributed by atoms with E-state index in [1.807, 2.05) is 7.05 Å². The SMILES string of the molecule is CNCCCc1[nH]nc(NC(=O)C(C)c2ccc(Cl)c(Cl)c2)c1C#N. The van der Waals surface area contributed by atoms with E-state index in [0.29, 0.717) is 22.0 Å². The van der Waals surface area contributed by atoms with E-state index in [2.05, 4.69) is 26.9 Å². The third-order valence-electron chi connectivity index (χ3n) is 3.89. The van der Waals surface area contributed by atoms with Crippen molar-refractivity contribution in [3.63, 3.8) is 0 Å². The van der Waals surface area contributed by atoms with Crippen molar-refractivity contribution < 1.29 is 4.79 Å². The van der Waals surface area contributed by atoms with E-state index in [4.69, 9.17) is 23.2 Å². The van der Waals surface area contributed by atoms with E-state index >= 15 is 0 Å². The summed E-state index contributed by atoms with van der Waals surface area (Å²) in [6, 6.07) is 7.16. The van der Waals surface area contributed by atoms with Crippen LogP contribution in [0.3, 0.4) is 0 Å². The van der Waals surface area contributed by atoms with Crippen molar-refractivity contribution in [2.24, 2.45) is 0 Å². The summed E-state index contributed by atoms with van der Waals surface area (Å²) in [5, 5.41) is 22.9. The zero-order valence-corrected chi connectivity index (χ0v) is 15.5. The number of benzene rings is 1. The van der Waals surface area contributed by atoms with E-state index < -0.39 is 5.92 Å². The van der Waals surface area contributed by atoms with Crippen molar-refractivity contribution in [2.45, 2.75) is 25.7 Å². The minimum Gasteiger partial charge on any atom is -0.320 e. The molecule has 1 heterocycles. The molecule has 0 fully saturated rings. The van der Waals surface area contributed by atoms with Gasteiger partial charge in [0, 0.05) is 0 Å². The number of nitrogens with zero attached hydrogens (tertiary/aromatic N) is 2. The fourth-order valence-electron chi connectivity index (χ4n) is 2.37. The zero-order chi connectivity index (χ0) is 18.4. The van der Waals surface area contributed by atoms with Crippen LogP contribution in [0.5, 0.6) is 0 Å². The molecule has 1 atom stereocenters. The molecular weight excluding hydrogens is 361 g/mol. The molecule has 1 amide bonds. The smallest absolute Gasteiger partial charge is 0.232 e. The molecule has 0 saturated heterocycles. The van der Waals surface area contributed by atoms with Gasteiger partial charge in [0.15, 0.2) is 5.82 Å². The Morgan fingerprint density at radius 1 is 1.40 bits per heavy atom. The number of nitrogens with one attached hydrogen (secondary N) is 3. The molecule has 0 saturated carbocycles. The van der Waals surface area contributed by atoms with Crippen molar-refractivity contribution in [3.8, 4) is 6.07 Å². The van der Waals surface area contributed by atoms with Gasteiger partial charge in [-0.05, 0) is 51.1 Å². The van der Waals surface area contributed by atoms with Gasteiger partial charge in [-0.3, -0.25) is 9.89 Å². The highest BCUT2D eigenvalue weighted by molar-refractivity contribution is 6.42. The standard InChI is InChI=1S/C17H19Cl2N5O/c1-10(11-5-6-13(18)14(19)8-11)17(25)22-16-12(9-20)15(23-24-16)4-3-7-21-2/h5-6,8,10,21H,3-4,7H2,1-2H3,(H2,22,23,24,25). The van der Waals surface area contributed by atoms with Gasteiger partial charge < -0.3 is 10.6 Å². The molecule has 0 aliphatic heterocycles. The number of aryl methyl sites for hydroxylation is 1. The van der Waals surface area contributed by atoms with Crippen LogP contribution in [-0.2, 0) is 11.2 Å². The molecule has 132 valence electrons. The number of hydrogen-bond donors (Lipinski definition) is 3. The fraction of sp³-hybridized carbons (Fsp3) is 0.353. The number of halogens is 2. The lowest BCUT2D eigenvalue weighted by Gasteiger charge is -2.12. The van der Waals surface area contributed by atoms with Gasteiger partial charge in [-0.25, -0.2) is 0 Å². The minimum atomic E-state index is -0.467. The summed E-state index contributed by atoms with van der Waals surface area (Å²) in [6.07, 6.45) is 1.54. The first kappa shape index (κ1) is 19.3. The molecular formula is C17H19Cl2N5O. The average molecular weight is 380 g/mol. The summed E-state index contributed by atoms with van der Waals surface area (Å²) in [4.78, 5) is 12.5. The first-order valence-electron chi connectivity index (χ1n) is 7.85. The number of H-pyrrole nitrogens is 1. The summed E-state index contributed by atoms with van der Waals surface area (Å²) in [5.74, 6) is -0.493. The lowest BCUT2D eigenvalue weighted by Crippen LogP contribution is -2.19. The maximum atomic E-state index is 12.5. The maximum Gasteiger partial charge on any atom is 0.232 e. The van der Waals surface area contributed by atoms with E-state index in [1.165, 1.54) is 0 Å². The average Bonchev–Trinajstić information content (AvgIpc) is 2.98. The largest absolute Gasteiger partial charge is 0.320 e. The van der Waals surface area contributed by atoms with E-state index in [-0.39, 0.29) is 11.7 Å². The molecule has 6 nitrogen and oxygen atoms in total. The van der Waals surface area contributed by atoms with Gasteiger partial charge in [0.25, 0.3) is 0 Å². The predicted molar refractivity (Wildman–Crippen MR) is 99.1 cm³/mol. The molecule has 0 spiro atoms. The second-order valence-electron chi connectivity index (χ2n) is 5.63. The number of aromatic amines is 1. The van der Waals surface area contributed by atoms with Crippen LogP contribution >= 0.6 is 23.2 Å². The molecule has 1 aromatic heterocycles. The molecule has 8 heteroatoms. The number of anilines is 1. The fourth-order valence-corrected chi connectivity index (χ4v) is 2.68. The number of carbonyl (C=O) groups is 1. The predicted octanol–water partition coefficient (Wildman–Crippen LogP) is 3.48. The van der Waals surface area contributed by atoms with Crippen molar-refractivity contribution in [1.82, 2.24) is 15.5 Å². The number of rotatable bonds is 7. The van der Waals surface area contributed by atoms with Crippen molar-refractivity contribution >= 4 is 34.9 Å². The lowest BCUT2D eigenvalue weighted by molar-refractivity contribution is -0.117. The van der Waals surface area contributed by atoms with Crippen LogP contribution in [0, 0.1) is 11.3 Å². The van der Waals surface area contributed by atoms with Crippen molar-refractivity contribution in [1.29, 1.82) is 5.26 Å². The topological polar surface area (TPSA) is 93.6 Å². The van der Waals surface area contributed by atoms with Gasteiger partial charge in [-0.2, -0.15) is 10.4 Å². The Kier molecular flexibility index (Phi) is 6.82. The second kappa shape index (κ2) is 8.86. The Labute approximate surface area is 156 Å². The van der Waals surface area contributed by atoms with Gasteiger partial charge in [0.1, 0.15) is 11.6 Å². The van der Waals surface area contributed by atoms with Crippen molar-refractivity contribution in [3.05, 3.63) is 45.1 Å². The Morgan fingerprint density at radius 2 is 2.16 bits per heavy atom. The molecule has 2 rings (SSSR count). The van der Waals surface area contributed by atoms with Crippen LogP contribution in [0.25, 0.3) is 0 Å². The molecule has 0 bridgehead atoms. The zero-order valence-electron chi connectivity index (χ0n) is 14.0. The summed E-state index contributed by atoms with van der Waals surface area (Å²) in [5.41, 5.74) is 1.82. The van der Waals surface area contributed by atoms with E-state index in [1.54, 1.807) is 25.1 Å². The van der Waals surface area contributed by atoms with Crippen molar-refractivity contribution in [2.75, 3.05) is 18.9 Å². The van der Waals surface area contributed by atoms with Gasteiger partial charge in [-0.15, -0.1) is 0 Å². The van der Waals surface area contributed by atoms with Gasteiger partial charge >= 0.3 is 0 Å². The van der Waals surface area contributed by atoms with Crippen LogP contribution in [0.2, 0.25) is 10.0 Å². The first-order valence-corrected chi connectivity index (χ1v) is 8.61. The normalized spacial score (nSPS) is 11.8. The second-order valence-corrected chi connectivity index (χ2v) is 6.44. The Hall–Kier alpha value is -2.07. The molecule has 0 aliphatic rings. The highest BCUT2D eigenvalue weighted by Gasteiger charge is 2.20. The highest BCUT2D eigenvalue weighted by atomic mass is 35.5. The van der Waals surface area contributed by atoms with E-state index in [0.717, 1.165) is 24.2 Å². The summed E-state index contributed by atoms with van der Waals surface area (Å²) < 4.78 is 0. The molecule has 1 unspecified atom stereocenters. The van der Waals surface area contributed by atoms with Crippen LogP contribution in [0.15, 0.2) is 18.2 Å². The third-order valence-corrected chi connectivity index (χ3v) is 4.62. The summed E-state index contributed by atoms with van der Waals surface area (Å²) in [6.45, 7) is 2.58. The van der Waals surface area contributed by atoms with Crippen LogP contribution < -0.4 is 10.6 Å². The van der Waals surface area contributed by atoms with Gasteiger partial charge in [0.05, 0.1) is 21.7 Å². The third kappa shape index (κ3) is 4.73. The molecule has 25 heavy (non-hydrogen) atoms. The van der Waals surface area contributed by atoms with Gasteiger partial charge in [-0.1, -0.05) is 29.3 Å². The molecule has 3 N–H and O–H groups in total. The molecule has 0 aliphatic carbocycles. The highest BCUT2D eigenvalue weighted by Crippen LogP contribution is 2.27. The van der Waals surface area contributed by atoms with Gasteiger partial charge in [0.2, 0.25) is 5.91 Å². The van der Waals surface area contributed by atoms with Crippen LogP contribution in [-0.4, -0.2) is 29.7 Å². The maximum absolute atomic E-state index is 12.5. The Bertz CT molecular complexity index is 797. The number of nitriles is 1. The number of carbonyl (C=O) groups excluding carboxylic acids is 1. The molecule has 1 aromatic carbocycles. The number of hydrogen-bond acceptors (Lipinski definition) is 4. The quantitative estimate of drug-likeness (QED) is 0.641. The summed E-state index contributed by atoms with van der Waals surface area (Å²) >= 11 is 11.9. The monoisotopic (exact) mass is 379 g/mol. The molecule has 2 aromatic rings. The summed E-state index contributed by atoms with van der Waals surface area (Å²) in [7, 11) is 1.87. The lowest BCUT2D eigenvalue weighted by atomic mass is 10.0. The van der Waals surface area contributed by atoms with Crippen LogP contribution in [0.1, 0.15) is 36.1 Å².